The van der Waals surface area contributed by atoms with Crippen molar-refractivity contribution in [2.75, 3.05) is 0 Å². The maximum absolute atomic E-state index is 12.1. The number of aromatic hydroxyl groups is 1. The van der Waals surface area contributed by atoms with Gasteiger partial charge in [-0.25, -0.2) is 4.98 Å². The summed E-state index contributed by atoms with van der Waals surface area (Å²) < 4.78 is 0. The van der Waals surface area contributed by atoms with Gasteiger partial charge in [0.05, 0.1) is 6.04 Å². The maximum atomic E-state index is 12.1. The van der Waals surface area contributed by atoms with Crippen LogP contribution in [0.1, 0.15) is 39.8 Å². The van der Waals surface area contributed by atoms with Crippen LogP contribution in [-0.4, -0.2) is 16.0 Å². The lowest BCUT2D eigenvalue weighted by Gasteiger charge is -2.23. The molecule has 1 unspecified atom stereocenters. The minimum absolute atomic E-state index is 0.0314. The molecular formula is C14H14N2O2S. The summed E-state index contributed by atoms with van der Waals surface area (Å²) in [7, 11) is 0. The summed E-state index contributed by atoms with van der Waals surface area (Å²) in [4.78, 5) is 17.4. The van der Waals surface area contributed by atoms with Crippen LogP contribution in [-0.2, 0) is 6.42 Å². The van der Waals surface area contributed by atoms with Crippen molar-refractivity contribution in [3.63, 3.8) is 0 Å². The van der Waals surface area contributed by atoms with Crippen LogP contribution in [0.3, 0.4) is 0 Å². The lowest BCUT2D eigenvalue weighted by molar-refractivity contribution is 0.0925. The van der Waals surface area contributed by atoms with E-state index in [1.54, 1.807) is 17.4 Å². The highest BCUT2D eigenvalue weighted by atomic mass is 32.1. The predicted octanol–water partition coefficient (Wildman–Crippen LogP) is 2.66. The fraction of sp³-hybridized carbons (Fsp3) is 0.286. The second-order valence-corrected chi connectivity index (χ2v) is 5.59. The Balaban J connectivity index is 1.80. The lowest BCUT2D eigenvalue weighted by Crippen LogP contribution is -2.31. The molecule has 98 valence electrons. The Morgan fingerprint density at radius 3 is 3.21 bits per heavy atom. The zero-order chi connectivity index (χ0) is 13.2. The third kappa shape index (κ3) is 2.33. The molecule has 0 fully saturated rings. The molecule has 1 aliphatic carbocycles. The highest BCUT2D eigenvalue weighted by Crippen LogP contribution is 2.33. The highest BCUT2D eigenvalue weighted by molar-refractivity contribution is 7.10. The van der Waals surface area contributed by atoms with Crippen molar-refractivity contribution in [3.8, 4) is 5.75 Å². The van der Waals surface area contributed by atoms with E-state index in [0.717, 1.165) is 19.3 Å². The number of aromatic nitrogens is 1. The van der Waals surface area contributed by atoms with Gasteiger partial charge in [-0.05, 0) is 48.4 Å². The number of nitrogens with zero attached hydrogens (tertiary/aromatic N) is 1. The van der Waals surface area contributed by atoms with Crippen molar-refractivity contribution in [3.05, 3.63) is 45.9 Å². The van der Waals surface area contributed by atoms with Crippen molar-refractivity contribution in [2.24, 2.45) is 0 Å². The van der Waals surface area contributed by atoms with Gasteiger partial charge < -0.3 is 10.4 Å². The molecular weight excluding hydrogens is 260 g/mol. The molecule has 1 atom stereocenters. The van der Waals surface area contributed by atoms with Gasteiger partial charge in [0.1, 0.15) is 5.75 Å². The number of rotatable bonds is 2. The first-order valence-electron chi connectivity index (χ1n) is 6.27. The summed E-state index contributed by atoms with van der Waals surface area (Å²) in [5.74, 6) is -0.400. The molecule has 2 N–H and O–H groups in total. The number of nitrogens with one attached hydrogen (secondary N) is 1. The maximum Gasteiger partial charge on any atom is 0.274 e. The molecule has 0 saturated carbocycles. The van der Waals surface area contributed by atoms with E-state index < -0.39 is 0 Å². The van der Waals surface area contributed by atoms with Gasteiger partial charge in [-0.15, -0.1) is 11.3 Å². The van der Waals surface area contributed by atoms with Crippen LogP contribution < -0.4 is 5.32 Å². The quantitative estimate of drug-likeness (QED) is 0.885. The smallest absolute Gasteiger partial charge is 0.274 e. The first-order chi connectivity index (χ1) is 9.25. The number of carbonyl (C=O) groups is 1. The summed E-state index contributed by atoms with van der Waals surface area (Å²) >= 11 is 1.74. The number of thiophene rings is 1. The van der Waals surface area contributed by atoms with E-state index in [4.69, 9.17) is 0 Å². The number of aryl methyl sites for hydroxylation is 1. The van der Waals surface area contributed by atoms with Crippen LogP contribution >= 0.6 is 11.3 Å². The Morgan fingerprint density at radius 2 is 2.37 bits per heavy atom. The largest absolute Gasteiger partial charge is 0.505 e. The molecule has 0 aromatic carbocycles. The normalized spacial score (nSPS) is 17.8. The second-order valence-electron chi connectivity index (χ2n) is 4.59. The zero-order valence-electron chi connectivity index (χ0n) is 10.3. The summed E-state index contributed by atoms with van der Waals surface area (Å²) in [6.45, 7) is 0. The molecule has 0 bridgehead atoms. The van der Waals surface area contributed by atoms with Gasteiger partial charge in [0.2, 0.25) is 0 Å². The highest BCUT2D eigenvalue weighted by Gasteiger charge is 2.24. The van der Waals surface area contributed by atoms with E-state index in [2.05, 4.69) is 21.7 Å². The molecule has 5 heteroatoms. The minimum atomic E-state index is -0.317. The van der Waals surface area contributed by atoms with Crippen LogP contribution in [0, 0.1) is 0 Å². The van der Waals surface area contributed by atoms with Crippen LogP contribution in [0.15, 0.2) is 29.8 Å². The molecule has 0 aliphatic heterocycles. The predicted molar refractivity (Wildman–Crippen MR) is 73.4 cm³/mol. The molecule has 0 saturated heterocycles. The van der Waals surface area contributed by atoms with Crippen LogP contribution in [0.5, 0.6) is 5.75 Å². The molecule has 1 aliphatic rings. The van der Waals surface area contributed by atoms with Crippen molar-refractivity contribution < 1.29 is 9.90 Å². The van der Waals surface area contributed by atoms with Crippen molar-refractivity contribution in [2.45, 2.75) is 25.3 Å². The fourth-order valence-corrected chi connectivity index (χ4v) is 3.42. The SMILES string of the molecule is O=C(NC1CCCc2sccc21)c1ncccc1O. The number of fused-ring (bicyclic) bond motifs is 1. The molecule has 0 radical (unpaired) electrons. The van der Waals surface area contributed by atoms with Gasteiger partial charge >= 0.3 is 0 Å². The molecule has 0 spiro atoms. The van der Waals surface area contributed by atoms with E-state index in [-0.39, 0.29) is 23.4 Å². The average Bonchev–Trinajstić information content (AvgIpc) is 2.88. The van der Waals surface area contributed by atoms with E-state index >= 15 is 0 Å². The first kappa shape index (κ1) is 12.2. The minimum Gasteiger partial charge on any atom is -0.505 e. The number of carbonyl (C=O) groups excluding carboxylic acids is 1. The number of hydrogen-bond donors (Lipinski definition) is 2. The molecule has 19 heavy (non-hydrogen) atoms. The van der Waals surface area contributed by atoms with Crippen LogP contribution in [0.4, 0.5) is 0 Å². The molecule has 2 aromatic heterocycles. The molecule has 3 rings (SSSR count). The molecule has 2 aromatic rings. The monoisotopic (exact) mass is 274 g/mol. The molecule has 1 amide bonds. The van der Waals surface area contributed by atoms with E-state index in [0.29, 0.717) is 0 Å². The Hall–Kier alpha value is -1.88. The van der Waals surface area contributed by atoms with Crippen molar-refractivity contribution >= 4 is 17.2 Å². The topological polar surface area (TPSA) is 62.2 Å². The molecule has 2 heterocycles. The van der Waals surface area contributed by atoms with Crippen molar-refractivity contribution in [1.29, 1.82) is 0 Å². The Kier molecular flexibility index (Phi) is 3.21. The zero-order valence-corrected chi connectivity index (χ0v) is 11.1. The Morgan fingerprint density at radius 1 is 1.47 bits per heavy atom. The van der Waals surface area contributed by atoms with Crippen LogP contribution in [0.2, 0.25) is 0 Å². The third-order valence-corrected chi connectivity index (χ3v) is 4.36. The van der Waals surface area contributed by atoms with E-state index in [1.165, 1.54) is 22.7 Å². The number of hydrogen-bond acceptors (Lipinski definition) is 4. The summed E-state index contributed by atoms with van der Waals surface area (Å²) in [5, 5.41) is 14.7. The van der Waals surface area contributed by atoms with Gasteiger partial charge in [-0.1, -0.05) is 0 Å². The van der Waals surface area contributed by atoms with Gasteiger partial charge in [0.25, 0.3) is 5.91 Å². The standard InChI is InChI=1S/C14H14N2O2S/c17-11-4-2-7-15-13(11)14(18)16-10-3-1-5-12-9(10)6-8-19-12/h2,4,6-8,10,17H,1,3,5H2,(H,16,18). The lowest BCUT2D eigenvalue weighted by atomic mass is 9.94. The van der Waals surface area contributed by atoms with E-state index in [9.17, 15) is 9.90 Å². The first-order valence-corrected chi connectivity index (χ1v) is 7.15. The van der Waals surface area contributed by atoms with Crippen molar-refractivity contribution in [1.82, 2.24) is 10.3 Å². The Bertz CT molecular complexity index is 609. The average molecular weight is 274 g/mol. The van der Waals surface area contributed by atoms with Crippen LogP contribution in [0.25, 0.3) is 0 Å². The van der Waals surface area contributed by atoms with Gasteiger partial charge in [-0.3, -0.25) is 4.79 Å². The van der Waals surface area contributed by atoms with Gasteiger partial charge in [0, 0.05) is 11.1 Å². The fourth-order valence-electron chi connectivity index (χ4n) is 2.43. The Labute approximate surface area is 115 Å². The van der Waals surface area contributed by atoms with Gasteiger partial charge in [-0.2, -0.15) is 0 Å². The second kappa shape index (κ2) is 5.01. The molecule has 4 nitrogen and oxygen atoms in total. The number of amides is 1. The third-order valence-electron chi connectivity index (χ3n) is 3.36. The summed E-state index contributed by atoms with van der Waals surface area (Å²) in [6, 6.07) is 5.18. The summed E-state index contributed by atoms with van der Waals surface area (Å²) in [6.07, 6.45) is 4.61. The van der Waals surface area contributed by atoms with E-state index in [1.807, 2.05) is 0 Å². The summed E-state index contributed by atoms with van der Waals surface area (Å²) in [5.41, 5.74) is 1.30. The number of pyridine rings is 1. The van der Waals surface area contributed by atoms with Gasteiger partial charge in [0.15, 0.2) is 5.69 Å².